The predicted molar refractivity (Wildman–Crippen MR) is 161 cm³/mol. The SMILES string of the molecule is C=C[C@@H]1C[C@H](COC(c2ccccc2)(c2ccccc2)c2ccccc2)C[C@H]1[C@H](CC(CC)CC)NC(C)=O. The van der Waals surface area contributed by atoms with Crippen LogP contribution in [0, 0.1) is 23.7 Å². The number of amides is 1. The molecule has 0 aliphatic heterocycles. The van der Waals surface area contributed by atoms with Gasteiger partial charge in [-0.2, -0.15) is 0 Å². The average molecular weight is 524 g/mol. The minimum Gasteiger partial charge on any atom is -0.361 e. The van der Waals surface area contributed by atoms with Crippen LogP contribution in [0.25, 0.3) is 0 Å². The van der Waals surface area contributed by atoms with Crippen LogP contribution in [0.15, 0.2) is 104 Å². The Balaban J connectivity index is 1.65. The summed E-state index contributed by atoms with van der Waals surface area (Å²) in [5.74, 6) is 1.80. The Morgan fingerprint density at radius 3 is 1.79 bits per heavy atom. The fourth-order valence-electron chi connectivity index (χ4n) is 6.68. The standard InChI is InChI=1S/C36H45NO2/c1-5-28(6-2)25-35(37-27(4)38)34-24-29(23-30(34)7-3)26-39-36(31-17-11-8-12-18-31,32-19-13-9-14-20-32)33-21-15-10-16-22-33/h7-22,28-30,34-35H,3,5-6,23-26H2,1-2,4H3,(H,37,38)/t29-,30+,34+,35-/m0/s1. The molecule has 4 atom stereocenters. The molecule has 0 bridgehead atoms. The quantitative estimate of drug-likeness (QED) is 0.181. The van der Waals surface area contributed by atoms with Crippen molar-refractivity contribution in [3.63, 3.8) is 0 Å². The summed E-state index contributed by atoms with van der Waals surface area (Å²) in [5, 5.41) is 3.33. The van der Waals surface area contributed by atoms with Gasteiger partial charge in [0.15, 0.2) is 0 Å². The van der Waals surface area contributed by atoms with Gasteiger partial charge in [-0.05, 0) is 59.6 Å². The van der Waals surface area contributed by atoms with Gasteiger partial charge in [-0.25, -0.2) is 0 Å². The van der Waals surface area contributed by atoms with Crippen molar-refractivity contribution in [1.29, 1.82) is 0 Å². The molecular formula is C36H45NO2. The van der Waals surface area contributed by atoms with E-state index in [0.29, 0.717) is 30.3 Å². The van der Waals surface area contributed by atoms with E-state index in [1.54, 1.807) is 6.92 Å². The maximum Gasteiger partial charge on any atom is 0.217 e. The largest absolute Gasteiger partial charge is 0.361 e. The van der Waals surface area contributed by atoms with Crippen LogP contribution in [-0.2, 0) is 15.1 Å². The zero-order valence-corrected chi connectivity index (χ0v) is 23.9. The first-order valence-corrected chi connectivity index (χ1v) is 14.7. The Bertz CT molecular complexity index is 1060. The van der Waals surface area contributed by atoms with Crippen LogP contribution in [-0.4, -0.2) is 18.6 Å². The molecule has 1 fully saturated rings. The zero-order valence-electron chi connectivity index (χ0n) is 23.9. The lowest BCUT2D eigenvalue weighted by Crippen LogP contribution is -2.41. The van der Waals surface area contributed by atoms with Crippen molar-refractivity contribution in [1.82, 2.24) is 5.32 Å². The summed E-state index contributed by atoms with van der Waals surface area (Å²) >= 11 is 0. The smallest absolute Gasteiger partial charge is 0.217 e. The van der Waals surface area contributed by atoms with Gasteiger partial charge in [0.2, 0.25) is 5.91 Å². The van der Waals surface area contributed by atoms with E-state index in [-0.39, 0.29) is 11.9 Å². The Hall–Kier alpha value is -3.17. The molecule has 0 spiro atoms. The van der Waals surface area contributed by atoms with E-state index in [0.717, 1.165) is 48.8 Å². The van der Waals surface area contributed by atoms with Crippen molar-refractivity contribution in [2.75, 3.05) is 6.61 Å². The van der Waals surface area contributed by atoms with Gasteiger partial charge in [-0.3, -0.25) is 4.79 Å². The Morgan fingerprint density at radius 2 is 1.38 bits per heavy atom. The normalized spacial score (nSPS) is 20.1. The van der Waals surface area contributed by atoms with Gasteiger partial charge in [0.05, 0.1) is 6.61 Å². The number of carbonyl (C=O) groups is 1. The van der Waals surface area contributed by atoms with Crippen LogP contribution in [0.2, 0.25) is 0 Å². The van der Waals surface area contributed by atoms with E-state index in [4.69, 9.17) is 4.74 Å². The summed E-state index contributed by atoms with van der Waals surface area (Å²) in [7, 11) is 0. The van der Waals surface area contributed by atoms with Crippen LogP contribution >= 0.6 is 0 Å². The fourth-order valence-corrected chi connectivity index (χ4v) is 6.68. The molecule has 3 aromatic rings. The molecule has 0 saturated heterocycles. The highest BCUT2D eigenvalue weighted by molar-refractivity contribution is 5.73. The van der Waals surface area contributed by atoms with E-state index in [2.05, 4.69) is 123 Å². The topological polar surface area (TPSA) is 38.3 Å². The van der Waals surface area contributed by atoms with E-state index in [1.165, 1.54) is 0 Å². The van der Waals surface area contributed by atoms with Crippen LogP contribution in [0.1, 0.15) is 69.6 Å². The molecule has 0 aromatic heterocycles. The van der Waals surface area contributed by atoms with Gasteiger partial charge in [0.1, 0.15) is 5.60 Å². The summed E-state index contributed by atoms with van der Waals surface area (Å²) in [6, 6.07) is 31.9. The molecular weight excluding hydrogens is 478 g/mol. The molecule has 0 unspecified atom stereocenters. The molecule has 3 aromatic carbocycles. The number of rotatable bonds is 13. The van der Waals surface area contributed by atoms with Crippen molar-refractivity contribution < 1.29 is 9.53 Å². The molecule has 39 heavy (non-hydrogen) atoms. The first-order chi connectivity index (χ1) is 19.0. The van der Waals surface area contributed by atoms with E-state index >= 15 is 0 Å². The number of hydrogen-bond acceptors (Lipinski definition) is 2. The average Bonchev–Trinajstić information content (AvgIpc) is 3.40. The van der Waals surface area contributed by atoms with Gasteiger partial charge in [0, 0.05) is 13.0 Å². The van der Waals surface area contributed by atoms with E-state index in [1.807, 2.05) is 0 Å². The highest BCUT2D eigenvalue weighted by Gasteiger charge is 2.42. The van der Waals surface area contributed by atoms with Crippen molar-refractivity contribution in [2.45, 2.75) is 64.5 Å². The van der Waals surface area contributed by atoms with Crippen LogP contribution in [0.3, 0.4) is 0 Å². The number of allylic oxidation sites excluding steroid dienone is 1. The number of carbonyl (C=O) groups excluding carboxylic acids is 1. The van der Waals surface area contributed by atoms with Crippen molar-refractivity contribution >= 4 is 5.91 Å². The zero-order chi connectivity index (χ0) is 27.7. The van der Waals surface area contributed by atoms with Gasteiger partial charge >= 0.3 is 0 Å². The van der Waals surface area contributed by atoms with Crippen molar-refractivity contribution in [3.8, 4) is 0 Å². The van der Waals surface area contributed by atoms with Crippen LogP contribution in [0.5, 0.6) is 0 Å². The lowest BCUT2D eigenvalue weighted by atomic mass is 9.80. The summed E-state index contributed by atoms with van der Waals surface area (Å²) in [6.07, 6.45) is 7.47. The first-order valence-electron chi connectivity index (χ1n) is 14.7. The second-order valence-corrected chi connectivity index (χ2v) is 11.2. The van der Waals surface area contributed by atoms with E-state index in [9.17, 15) is 4.79 Å². The maximum absolute atomic E-state index is 12.2. The number of hydrogen-bond donors (Lipinski definition) is 1. The molecule has 3 nitrogen and oxygen atoms in total. The van der Waals surface area contributed by atoms with Crippen LogP contribution in [0.4, 0.5) is 0 Å². The molecule has 0 heterocycles. The minimum absolute atomic E-state index is 0.0599. The number of ether oxygens (including phenoxy) is 1. The number of nitrogens with one attached hydrogen (secondary N) is 1. The lowest BCUT2D eigenvalue weighted by molar-refractivity contribution is -0.120. The van der Waals surface area contributed by atoms with E-state index < -0.39 is 5.60 Å². The molecule has 206 valence electrons. The van der Waals surface area contributed by atoms with Crippen molar-refractivity contribution in [2.24, 2.45) is 23.7 Å². The Kier molecular flexibility index (Phi) is 10.2. The van der Waals surface area contributed by atoms with Gasteiger partial charge in [-0.1, -0.05) is 124 Å². The van der Waals surface area contributed by atoms with Gasteiger partial charge < -0.3 is 10.1 Å². The molecule has 1 aliphatic rings. The second kappa shape index (κ2) is 13.8. The molecule has 4 rings (SSSR count). The third-order valence-corrected chi connectivity index (χ3v) is 8.79. The highest BCUT2D eigenvalue weighted by atomic mass is 16.5. The second-order valence-electron chi connectivity index (χ2n) is 11.2. The molecule has 1 amide bonds. The first kappa shape index (κ1) is 28.8. The van der Waals surface area contributed by atoms with Crippen LogP contribution < -0.4 is 5.32 Å². The highest BCUT2D eigenvalue weighted by Crippen LogP contribution is 2.45. The molecule has 3 heteroatoms. The molecule has 1 saturated carbocycles. The monoisotopic (exact) mass is 523 g/mol. The Labute approximate surface area is 235 Å². The summed E-state index contributed by atoms with van der Waals surface area (Å²) < 4.78 is 7.18. The van der Waals surface area contributed by atoms with Crippen molar-refractivity contribution in [3.05, 3.63) is 120 Å². The van der Waals surface area contributed by atoms with Gasteiger partial charge in [0.25, 0.3) is 0 Å². The molecule has 0 radical (unpaired) electrons. The lowest BCUT2D eigenvalue weighted by Gasteiger charge is -2.37. The maximum atomic E-state index is 12.2. The third kappa shape index (κ3) is 6.70. The fraction of sp³-hybridized carbons (Fsp3) is 0.417. The van der Waals surface area contributed by atoms with Gasteiger partial charge in [-0.15, -0.1) is 6.58 Å². The summed E-state index contributed by atoms with van der Waals surface area (Å²) in [4.78, 5) is 12.2. The number of benzene rings is 3. The molecule has 1 aliphatic carbocycles. The summed E-state index contributed by atoms with van der Waals surface area (Å²) in [6.45, 7) is 11.0. The third-order valence-electron chi connectivity index (χ3n) is 8.79. The predicted octanol–water partition coefficient (Wildman–Crippen LogP) is 8.15. The minimum atomic E-state index is -0.710. The summed E-state index contributed by atoms with van der Waals surface area (Å²) in [5.41, 5.74) is 2.67. The Morgan fingerprint density at radius 1 is 0.897 bits per heavy atom. The molecule has 1 N–H and O–H groups in total.